The largest absolute Gasteiger partial charge is 0.478 e. The number of aryl methyl sites for hydroxylation is 1. The lowest BCUT2D eigenvalue weighted by Gasteiger charge is -2.15. The van der Waals surface area contributed by atoms with E-state index in [-0.39, 0.29) is 33.9 Å². The van der Waals surface area contributed by atoms with E-state index >= 15 is 0 Å². The first kappa shape index (κ1) is 20.4. The quantitative estimate of drug-likeness (QED) is 0.700. The summed E-state index contributed by atoms with van der Waals surface area (Å²) in [5.74, 6) is -1.28. The zero-order valence-electron chi connectivity index (χ0n) is 15.8. The predicted molar refractivity (Wildman–Crippen MR) is 111 cm³/mol. The van der Waals surface area contributed by atoms with Gasteiger partial charge in [-0.05, 0) is 60.2 Å². The molecule has 0 saturated carbocycles. The van der Waals surface area contributed by atoms with Crippen LogP contribution in [0.25, 0.3) is 0 Å². The lowest BCUT2D eigenvalue weighted by Crippen LogP contribution is -2.27. The summed E-state index contributed by atoms with van der Waals surface area (Å²) in [4.78, 5) is 36.0. The van der Waals surface area contributed by atoms with Crippen molar-refractivity contribution in [2.75, 3.05) is 10.5 Å². The fourth-order valence-electron chi connectivity index (χ4n) is 3.63. The third-order valence-electron chi connectivity index (χ3n) is 5.10. The van der Waals surface area contributed by atoms with Crippen LogP contribution in [0.3, 0.4) is 0 Å². The summed E-state index contributed by atoms with van der Waals surface area (Å²) in [5, 5.41) is 9.02. The van der Waals surface area contributed by atoms with E-state index in [1.807, 2.05) is 0 Å². The fourth-order valence-corrected chi connectivity index (χ4v) is 5.75. The Morgan fingerprint density at radius 2 is 1.87 bits per heavy atom. The Labute approximate surface area is 177 Å². The second-order valence-electron chi connectivity index (χ2n) is 7.11. The van der Waals surface area contributed by atoms with Gasteiger partial charge in [0.15, 0.2) is 0 Å². The van der Waals surface area contributed by atoms with Gasteiger partial charge in [-0.1, -0.05) is 23.9 Å². The van der Waals surface area contributed by atoms with E-state index in [1.165, 1.54) is 12.1 Å². The molecule has 1 fully saturated rings. The topological polar surface area (TPSA) is 121 Å². The van der Waals surface area contributed by atoms with Crippen molar-refractivity contribution >= 4 is 44.6 Å². The van der Waals surface area contributed by atoms with E-state index in [4.69, 9.17) is 0 Å². The number of carboxylic acid groups (broad SMARTS) is 1. The summed E-state index contributed by atoms with van der Waals surface area (Å²) in [6.07, 6.45) is 2.02. The first-order valence-corrected chi connectivity index (χ1v) is 11.7. The van der Waals surface area contributed by atoms with Crippen LogP contribution in [-0.4, -0.2) is 41.3 Å². The molecular weight excluding hydrogens is 428 g/mol. The lowest BCUT2D eigenvalue weighted by atomic mass is 10.1. The summed E-state index contributed by atoms with van der Waals surface area (Å²) < 4.78 is 28.5. The number of fused-ring (bicyclic) bond motifs is 1. The average molecular weight is 447 g/mol. The predicted octanol–water partition coefficient (Wildman–Crippen LogP) is 2.87. The Bertz CT molecular complexity index is 1140. The fraction of sp³-hybridized carbons (Fsp3) is 0.250. The minimum Gasteiger partial charge on any atom is -0.478 e. The lowest BCUT2D eigenvalue weighted by molar-refractivity contribution is -0.125. The van der Waals surface area contributed by atoms with E-state index in [2.05, 4.69) is 4.72 Å². The first-order chi connectivity index (χ1) is 14.2. The van der Waals surface area contributed by atoms with Gasteiger partial charge < -0.3 is 5.11 Å². The molecule has 0 unspecified atom stereocenters. The van der Waals surface area contributed by atoms with Crippen LogP contribution in [-0.2, 0) is 34.2 Å². The van der Waals surface area contributed by atoms with Crippen LogP contribution < -0.4 is 4.72 Å². The molecule has 10 heteroatoms. The molecule has 0 radical (unpaired) electrons. The normalized spacial score (nSPS) is 16.1. The summed E-state index contributed by atoms with van der Waals surface area (Å²) in [6, 6.07) is 9.11. The van der Waals surface area contributed by atoms with E-state index < -0.39 is 16.0 Å². The number of rotatable bonds is 6. The summed E-state index contributed by atoms with van der Waals surface area (Å²) in [6.45, 7) is 0.131. The summed E-state index contributed by atoms with van der Waals surface area (Å²) >= 11 is 0.958. The van der Waals surface area contributed by atoms with E-state index in [0.717, 1.165) is 28.6 Å². The van der Waals surface area contributed by atoms with Gasteiger partial charge in [-0.15, -0.1) is 0 Å². The molecule has 2 aromatic rings. The first-order valence-electron chi connectivity index (χ1n) is 9.22. The monoisotopic (exact) mass is 446 g/mol. The Balaban J connectivity index is 1.56. The van der Waals surface area contributed by atoms with Crippen LogP contribution in [0, 0.1) is 0 Å². The Hall–Kier alpha value is -2.85. The molecule has 2 N–H and O–H groups in total. The Morgan fingerprint density at radius 3 is 2.50 bits per heavy atom. The van der Waals surface area contributed by atoms with Crippen molar-refractivity contribution in [1.82, 2.24) is 4.90 Å². The van der Waals surface area contributed by atoms with E-state index in [0.29, 0.717) is 29.7 Å². The molecule has 1 aliphatic heterocycles. The minimum absolute atomic E-state index is 0.00994. The number of hydrogen-bond donors (Lipinski definition) is 2. The highest BCUT2D eigenvalue weighted by molar-refractivity contribution is 8.14. The van der Waals surface area contributed by atoms with Crippen LogP contribution in [0.1, 0.15) is 33.5 Å². The van der Waals surface area contributed by atoms with Crippen LogP contribution in [0.4, 0.5) is 10.5 Å². The number of sulfonamides is 1. The van der Waals surface area contributed by atoms with Gasteiger partial charge in [0.1, 0.15) is 0 Å². The van der Waals surface area contributed by atoms with Gasteiger partial charge in [-0.3, -0.25) is 19.2 Å². The number of nitrogens with one attached hydrogen (secondary N) is 1. The smallest absolute Gasteiger partial charge is 0.335 e. The molecule has 2 amide bonds. The van der Waals surface area contributed by atoms with Crippen LogP contribution >= 0.6 is 11.8 Å². The van der Waals surface area contributed by atoms with Crippen molar-refractivity contribution in [3.63, 3.8) is 0 Å². The number of imide groups is 1. The third kappa shape index (κ3) is 3.92. The van der Waals surface area contributed by atoms with Crippen LogP contribution in [0.5, 0.6) is 0 Å². The molecule has 4 rings (SSSR count). The standard InChI is InChI=1S/C20H18N2O6S2/c23-18-11-29-20(26)22(18)10-12-4-6-15(7-5-12)21-30(27,28)17-9-14(19(24)25)8-13-2-1-3-16(13)17/h4-9,21H,1-3,10-11H2,(H,24,25). The van der Waals surface area contributed by atoms with Crippen LogP contribution in [0.15, 0.2) is 41.3 Å². The number of amides is 2. The highest BCUT2D eigenvalue weighted by atomic mass is 32.2. The second-order valence-corrected chi connectivity index (χ2v) is 9.69. The summed E-state index contributed by atoms with van der Waals surface area (Å²) in [5.41, 5.74) is 2.36. The van der Waals surface area contributed by atoms with Crippen molar-refractivity contribution in [3.05, 3.63) is 58.7 Å². The number of benzene rings is 2. The van der Waals surface area contributed by atoms with E-state index in [9.17, 15) is 27.9 Å². The molecule has 8 nitrogen and oxygen atoms in total. The average Bonchev–Trinajstić information content (AvgIpc) is 3.30. The Morgan fingerprint density at radius 1 is 1.13 bits per heavy atom. The molecule has 2 aliphatic rings. The molecular formula is C20H18N2O6S2. The number of carboxylic acids is 1. The van der Waals surface area contributed by atoms with Gasteiger partial charge in [0.05, 0.1) is 22.8 Å². The molecule has 0 bridgehead atoms. The number of hydrogen-bond acceptors (Lipinski definition) is 6. The van der Waals surface area contributed by atoms with Gasteiger partial charge in [0, 0.05) is 5.69 Å². The molecule has 0 atom stereocenters. The molecule has 0 spiro atoms. The van der Waals surface area contributed by atoms with Crippen molar-refractivity contribution in [2.45, 2.75) is 30.7 Å². The number of nitrogens with zero attached hydrogens (tertiary/aromatic N) is 1. The molecule has 156 valence electrons. The number of carbonyl (C=O) groups is 3. The van der Waals surface area contributed by atoms with Crippen molar-refractivity contribution < 1.29 is 27.9 Å². The molecule has 1 saturated heterocycles. The number of aromatic carboxylic acids is 1. The highest BCUT2D eigenvalue weighted by Gasteiger charge is 2.30. The molecule has 0 aromatic heterocycles. The number of thioether (sulfide) groups is 1. The van der Waals surface area contributed by atoms with Gasteiger partial charge in [0.25, 0.3) is 15.3 Å². The third-order valence-corrected chi connectivity index (χ3v) is 7.40. The van der Waals surface area contributed by atoms with E-state index in [1.54, 1.807) is 24.3 Å². The van der Waals surface area contributed by atoms with Crippen molar-refractivity contribution in [3.8, 4) is 0 Å². The molecule has 2 aromatic carbocycles. The molecule has 30 heavy (non-hydrogen) atoms. The zero-order valence-corrected chi connectivity index (χ0v) is 17.4. The number of anilines is 1. The Kier molecular flexibility index (Phi) is 5.29. The maximum Gasteiger partial charge on any atom is 0.335 e. The maximum atomic E-state index is 13.0. The second kappa shape index (κ2) is 7.77. The van der Waals surface area contributed by atoms with Gasteiger partial charge >= 0.3 is 5.97 Å². The van der Waals surface area contributed by atoms with Gasteiger partial charge in [-0.2, -0.15) is 0 Å². The van der Waals surface area contributed by atoms with Gasteiger partial charge in [0.2, 0.25) is 5.91 Å². The zero-order chi connectivity index (χ0) is 21.5. The van der Waals surface area contributed by atoms with Gasteiger partial charge in [-0.25, -0.2) is 13.2 Å². The minimum atomic E-state index is -3.98. The SMILES string of the molecule is O=C(O)c1cc2c(c(S(=O)(=O)Nc3ccc(CN4C(=O)CSC4=O)cc3)c1)CCC2. The molecule has 1 heterocycles. The molecule has 1 aliphatic carbocycles. The van der Waals surface area contributed by atoms with Crippen LogP contribution in [0.2, 0.25) is 0 Å². The maximum absolute atomic E-state index is 13.0. The number of carbonyl (C=O) groups excluding carboxylic acids is 2. The summed E-state index contributed by atoms with van der Waals surface area (Å²) in [7, 11) is -3.98. The van der Waals surface area contributed by atoms with Crippen molar-refractivity contribution in [1.29, 1.82) is 0 Å². The van der Waals surface area contributed by atoms with Crippen molar-refractivity contribution in [2.24, 2.45) is 0 Å². The highest BCUT2D eigenvalue weighted by Crippen LogP contribution is 2.31.